The standard InChI is InChI=1S/C19H17N5O2S/c1-22-18(17(21-19(22)27)15-8-2-3-10-20-15)16-9-5-11-23(16)13-6-4-7-14(12-13)24(25)26/h2-12,17-18H,1H3,(H,21,27). The average molecular weight is 379 g/mol. The number of hydrogen-bond donors (Lipinski definition) is 1. The van der Waals surface area contributed by atoms with Gasteiger partial charge in [-0.15, -0.1) is 0 Å². The zero-order valence-electron chi connectivity index (χ0n) is 14.5. The molecule has 1 aliphatic heterocycles. The van der Waals surface area contributed by atoms with E-state index in [0.29, 0.717) is 5.11 Å². The Hall–Kier alpha value is -3.26. The van der Waals surface area contributed by atoms with E-state index in [2.05, 4.69) is 10.3 Å². The second-order valence-corrected chi connectivity index (χ2v) is 6.70. The third kappa shape index (κ3) is 3.04. The van der Waals surface area contributed by atoms with Gasteiger partial charge in [-0.2, -0.15) is 0 Å². The van der Waals surface area contributed by atoms with E-state index in [4.69, 9.17) is 12.2 Å². The van der Waals surface area contributed by atoms with Gasteiger partial charge < -0.3 is 14.8 Å². The van der Waals surface area contributed by atoms with Crippen molar-refractivity contribution in [2.24, 2.45) is 0 Å². The maximum absolute atomic E-state index is 11.1. The van der Waals surface area contributed by atoms with Crippen LogP contribution in [-0.4, -0.2) is 31.5 Å². The molecule has 0 amide bonds. The molecule has 2 unspecified atom stereocenters. The predicted octanol–water partition coefficient (Wildman–Crippen LogP) is 3.38. The van der Waals surface area contributed by atoms with E-state index in [-0.39, 0.29) is 22.7 Å². The third-order valence-corrected chi connectivity index (χ3v) is 5.15. The molecule has 1 aromatic carbocycles. The first-order valence-corrected chi connectivity index (χ1v) is 8.83. The van der Waals surface area contributed by atoms with Gasteiger partial charge in [0.05, 0.1) is 28.4 Å². The van der Waals surface area contributed by atoms with Gasteiger partial charge in [0.15, 0.2) is 5.11 Å². The van der Waals surface area contributed by atoms with Gasteiger partial charge in [0.2, 0.25) is 0 Å². The summed E-state index contributed by atoms with van der Waals surface area (Å²) in [4.78, 5) is 17.2. The molecule has 1 N–H and O–H groups in total. The number of nitrogens with one attached hydrogen (secondary N) is 1. The molecule has 0 aliphatic carbocycles. The first-order chi connectivity index (χ1) is 13.1. The minimum Gasteiger partial charge on any atom is -0.352 e. The monoisotopic (exact) mass is 379 g/mol. The maximum Gasteiger partial charge on any atom is 0.271 e. The predicted molar refractivity (Wildman–Crippen MR) is 106 cm³/mol. The molecule has 0 saturated carbocycles. The highest BCUT2D eigenvalue weighted by atomic mass is 32.1. The highest BCUT2D eigenvalue weighted by molar-refractivity contribution is 7.80. The molecule has 0 spiro atoms. The van der Waals surface area contributed by atoms with E-state index < -0.39 is 0 Å². The quantitative estimate of drug-likeness (QED) is 0.425. The molecule has 0 bridgehead atoms. The molecule has 27 heavy (non-hydrogen) atoms. The van der Waals surface area contributed by atoms with Crippen LogP contribution in [0.2, 0.25) is 0 Å². The van der Waals surface area contributed by atoms with Crippen molar-refractivity contribution < 1.29 is 4.92 Å². The molecule has 1 saturated heterocycles. The summed E-state index contributed by atoms with van der Waals surface area (Å²) in [7, 11) is 1.94. The van der Waals surface area contributed by atoms with Gasteiger partial charge in [-0.1, -0.05) is 12.1 Å². The Morgan fingerprint density at radius 2 is 2.04 bits per heavy atom. The molecule has 1 fully saturated rings. The zero-order chi connectivity index (χ0) is 19.0. The van der Waals surface area contributed by atoms with Crippen molar-refractivity contribution in [1.82, 2.24) is 19.8 Å². The number of aromatic nitrogens is 2. The van der Waals surface area contributed by atoms with Gasteiger partial charge in [0.1, 0.15) is 0 Å². The van der Waals surface area contributed by atoms with E-state index in [9.17, 15) is 10.1 Å². The normalized spacial score (nSPS) is 19.1. The number of likely N-dealkylation sites (N-methyl/N-ethyl adjacent to an activating group) is 1. The molecule has 3 heterocycles. The average Bonchev–Trinajstić information content (AvgIpc) is 3.27. The summed E-state index contributed by atoms with van der Waals surface area (Å²) in [5.41, 5.74) is 2.65. The molecule has 3 aromatic rings. The summed E-state index contributed by atoms with van der Waals surface area (Å²) < 4.78 is 1.96. The van der Waals surface area contributed by atoms with Crippen LogP contribution in [0.5, 0.6) is 0 Å². The molecule has 2 aromatic heterocycles. The van der Waals surface area contributed by atoms with Gasteiger partial charge in [0.25, 0.3) is 5.69 Å². The number of pyridine rings is 1. The van der Waals surface area contributed by atoms with E-state index in [1.54, 1.807) is 18.3 Å². The second kappa shape index (κ2) is 6.81. The Labute approximate surface area is 161 Å². The maximum atomic E-state index is 11.1. The van der Waals surface area contributed by atoms with Crippen molar-refractivity contribution in [2.45, 2.75) is 12.1 Å². The summed E-state index contributed by atoms with van der Waals surface area (Å²) in [6.07, 6.45) is 3.66. The van der Waals surface area contributed by atoms with Crippen molar-refractivity contribution in [3.05, 3.63) is 88.5 Å². The molecule has 8 heteroatoms. The lowest BCUT2D eigenvalue weighted by molar-refractivity contribution is -0.384. The van der Waals surface area contributed by atoms with Gasteiger partial charge in [-0.25, -0.2) is 0 Å². The lowest BCUT2D eigenvalue weighted by atomic mass is 10.0. The fraction of sp³-hybridized carbons (Fsp3) is 0.158. The van der Waals surface area contributed by atoms with E-state index in [0.717, 1.165) is 17.1 Å². The summed E-state index contributed by atoms with van der Waals surface area (Å²) in [5.74, 6) is 0. The SMILES string of the molecule is CN1C(=S)NC(c2ccccn2)C1c1cccn1-c1cccc([N+](=O)[O-])c1. The van der Waals surface area contributed by atoms with Crippen molar-refractivity contribution >= 4 is 23.0 Å². The van der Waals surface area contributed by atoms with Crippen LogP contribution in [-0.2, 0) is 0 Å². The number of nitrogens with zero attached hydrogens (tertiary/aromatic N) is 4. The lowest BCUT2D eigenvalue weighted by Gasteiger charge is -2.25. The Kier molecular flexibility index (Phi) is 4.33. The molecule has 2 atom stereocenters. The van der Waals surface area contributed by atoms with E-state index in [1.165, 1.54) is 6.07 Å². The van der Waals surface area contributed by atoms with Crippen LogP contribution in [0, 0.1) is 10.1 Å². The largest absolute Gasteiger partial charge is 0.352 e. The number of benzene rings is 1. The zero-order valence-corrected chi connectivity index (χ0v) is 15.3. The van der Waals surface area contributed by atoms with Gasteiger partial charge in [-0.05, 0) is 42.5 Å². The van der Waals surface area contributed by atoms with E-state index >= 15 is 0 Å². The topological polar surface area (TPSA) is 76.2 Å². The van der Waals surface area contributed by atoms with Crippen molar-refractivity contribution in [3.63, 3.8) is 0 Å². The van der Waals surface area contributed by atoms with Crippen LogP contribution in [0.4, 0.5) is 5.69 Å². The minimum absolute atomic E-state index is 0.0573. The number of hydrogen-bond acceptors (Lipinski definition) is 4. The number of rotatable bonds is 4. The Bertz CT molecular complexity index is 1000. The summed E-state index contributed by atoms with van der Waals surface area (Å²) in [6, 6.07) is 16.1. The molecule has 7 nitrogen and oxygen atoms in total. The second-order valence-electron chi connectivity index (χ2n) is 6.32. The summed E-state index contributed by atoms with van der Waals surface area (Å²) >= 11 is 5.47. The van der Waals surface area contributed by atoms with Gasteiger partial charge in [0, 0.05) is 37.3 Å². The summed E-state index contributed by atoms with van der Waals surface area (Å²) in [6.45, 7) is 0. The Morgan fingerprint density at radius 1 is 1.19 bits per heavy atom. The first-order valence-electron chi connectivity index (χ1n) is 8.42. The molecule has 0 radical (unpaired) electrons. The van der Waals surface area contributed by atoms with Crippen molar-refractivity contribution in [3.8, 4) is 5.69 Å². The number of non-ortho nitro benzene ring substituents is 1. The number of nitro benzene ring substituents is 1. The van der Waals surface area contributed by atoms with Crippen LogP contribution in [0.25, 0.3) is 5.69 Å². The Balaban J connectivity index is 1.79. The fourth-order valence-electron chi connectivity index (χ4n) is 3.46. The van der Waals surface area contributed by atoms with Crippen LogP contribution in [0.1, 0.15) is 23.5 Å². The molecule has 1 aliphatic rings. The van der Waals surface area contributed by atoms with Crippen LogP contribution >= 0.6 is 12.2 Å². The summed E-state index contributed by atoms with van der Waals surface area (Å²) in [5, 5.41) is 15.1. The van der Waals surface area contributed by atoms with Crippen LogP contribution in [0.3, 0.4) is 0 Å². The number of thiocarbonyl (C=S) groups is 1. The van der Waals surface area contributed by atoms with Crippen LogP contribution in [0.15, 0.2) is 67.0 Å². The molecular weight excluding hydrogens is 362 g/mol. The van der Waals surface area contributed by atoms with E-state index in [1.807, 2.05) is 59.1 Å². The fourth-order valence-corrected chi connectivity index (χ4v) is 3.70. The van der Waals surface area contributed by atoms with Crippen molar-refractivity contribution in [2.75, 3.05) is 7.05 Å². The number of nitro groups is 1. The molecule has 4 rings (SSSR count). The highest BCUT2D eigenvalue weighted by Crippen LogP contribution is 2.38. The molecular formula is C19H17N5O2S. The minimum atomic E-state index is -0.387. The van der Waals surface area contributed by atoms with Gasteiger partial charge >= 0.3 is 0 Å². The molecule has 136 valence electrons. The van der Waals surface area contributed by atoms with Crippen molar-refractivity contribution in [1.29, 1.82) is 0 Å². The highest BCUT2D eigenvalue weighted by Gasteiger charge is 2.39. The Morgan fingerprint density at radius 3 is 2.78 bits per heavy atom. The smallest absolute Gasteiger partial charge is 0.271 e. The third-order valence-electron chi connectivity index (χ3n) is 4.74. The van der Waals surface area contributed by atoms with Crippen LogP contribution < -0.4 is 5.32 Å². The lowest BCUT2D eigenvalue weighted by Crippen LogP contribution is -2.25. The van der Waals surface area contributed by atoms with Gasteiger partial charge in [-0.3, -0.25) is 15.1 Å². The first kappa shape index (κ1) is 17.2.